The van der Waals surface area contributed by atoms with E-state index in [1.807, 2.05) is 13.1 Å². The molecule has 3 aliphatic rings. The number of aliphatic hydroxyl groups is 4. The van der Waals surface area contributed by atoms with Gasteiger partial charge in [0.1, 0.15) is 37.2 Å². The number of nitrogens with one attached hydrogen (secondary N) is 1. The summed E-state index contributed by atoms with van der Waals surface area (Å²) in [6.07, 6.45) is -0.0997. The molecule has 12 nitrogen and oxygen atoms in total. The molecule has 0 aromatic rings. The highest BCUT2D eigenvalue weighted by Crippen LogP contribution is 2.35. The lowest BCUT2D eigenvalue weighted by Gasteiger charge is -2.43. The largest absolute Gasteiger partial charge is 0.545 e. The zero-order valence-corrected chi connectivity index (χ0v) is 19.6. The quantitative estimate of drug-likeness (QED) is 0.170. The van der Waals surface area contributed by atoms with Crippen LogP contribution in [0.25, 0.3) is 0 Å². The SMILES string of the molecule is C=CC1C(OC2OC(CO)C(O)C(O)C2O)OC=C(C(=O)[O-])C1C=CC1=C[NH+](CC)CC(C(=O)O)=C1. The van der Waals surface area contributed by atoms with Gasteiger partial charge in [-0.2, -0.15) is 0 Å². The molecule has 3 aliphatic heterocycles. The van der Waals surface area contributed by atoms with Crippen LogP contribution in [0.5, 0.6) is 0 Å². The summed E-state index contributed by atoms with van der Waals surface area (Å²) in [7, 11) is 0. The van der Waals surface area contributed by atoms with Crippen LogP contribution in [0.1, 0.15) is 6.92 Å². The number of carboxylic acid groups (broad SMARTS) is 2. The van der Waals surface area contributed by atoms with Gasteiger partial charge in [-0.25, -0.2) is 4.79 Å². The van der Waals surface area contributed by atoms with Crippen molar-refractivity contribution in [3.8, 4) is 0 Å². The number of hydrogen-bond acceptors (Lipinski definition) is 10. The van der Waals surface area contributed by atoms with Crippen LogP contribution in [0.3, 0.4) is 0 Å². The predicted molar refractivity (Wildman–Crippen MR) is 119 cm³/mol. The van der Waals surface area contributed by atoms with Gasteiger partial charge in [0.2, 0.25) is 6.29 Å². The second-order valence-electron chi connectivity index (χ2n) is 8.70. The van der Waals surface area contributed by atoms with Crippen molar-refractivity contribution in [1.29, 1.82) is 0 Å². The van der Waals surface area contributed by atoms with Gasteiger partial charge in [0, 0.05) is 23.0 Å². The number of carboxylic acids is 2. The molecule has 0 aromatic heterocycles. The molecule has 3 heterocycles. The molecule has 198 valence electrons. The summed E-state index contributed by atoms with van der Waals surface area (Å²) in [6.45, 7) is 5.94. The number of aliphatic carboxylic acids is 2. The minimum Gasteiger partial charge on any atom is -0.545 e. The molecule has 12 heteroatoms. The van der Waals surface area contributed by atoms with Crippen molar-refractivity contribution in [1.82, 2.24) is 0 Å². The fraction of sp³-hybridized carbons (Fsp3) is 0.500. The number of hydrogen-bond donors (Lipinski definition) is 6. The van der Waals surface area contributed by atoms with Crippen LogP contribution in [-0.2, 0) is 23.8 Å². The Morgan fingerprint density at radius 3 is 2.56 bits per heavy atom. The molecule has 0 amide bonds. The number of ether oxygens (including phenoxy) is 3. The number of quaternary nitrogens is 1. The molecule has 0 radical (unpaired) electrons. The highest BCUT2D eigenvalue weighted by Gasteiger charge is 2.46. The van der Waals surface area contributed by atoms with Crippen LogP contribution >= 0.6 is 0 Å². The van der Waals surface area contributed by atoms with Gasteiger partial charge in [0.25, 0.3) is 0 Å². The van der Waals surface area contributed by atoms with Gasteiger partial charge in [-0.1, -0.05) is 18.2 Å². The summed E-state index contributed by atoms with van der Waals surface area (Å²) in [6, 6.07) is 0. The number of carbonyl (C=O) groups excluding carboxylic acids is 1. The first-order valence-corrected chi connectivity index (χ1v) is 11.4. The molecular formula is C24H31NO11. The van der Waals surface area contributed by atoms with Gasteiger partial charge in [0.15, 0.2) is 6.29 Å². The summed E-state index contributed by atoms with van der Waals surface area (Å²) in [5.74, 6) is -4.26. The maximum atomic E-state index is 11.8. The van der Waals surface area contributed by atoms with Crippen LogP contribution in [0.4, 0.5) is 0 Å². The summed E-state index contributed by atoms with van der Waals surface area (Å²) in [5, 5.41) is 60.9. The van der Waals surface area contributed by atoms with Gasteiger partial charge in [-0.3, -0.25) is 0 Å². The summed E-state index contributed by atoms with van der Waals surface area (Å²) < 4.78 is 16.5. The monoisotopic (exact) mass is 509 g/mol. The average molecular weight is 510 g/mol. The van der Waals surface area contributed by atoms with E-state index < -0.39 is 67.4 Å². The Morgan fingerprint density at radius 2 is 1.97 bits per heavy atom. The van der Waals surface area contributed by atoms with E-state index in [1.165, 1.54) is 12.2 Å². The highest BCUT2D eigenvalue weighted by atomic mass is 16.8. The maximum Gasteiger partial charge on any atom is 0.337 e. The van der Waals surface area contributed by atoms with E-state index in [1.54, 1.807) is 12.2 Å². The van der Waals surface area contributed by atoms with E-state index >= 15 is 0 Å². The molecule has 0 saturated carbocycles. The molecule has 36 heavy (non-hydrogen) atoms. The first-order valence-electron chi connectivity index (χ1n) is 11.4. The van der Waals surface area contributed by atoms with E-state index in [0.29, 0.717) is 18.7 Å². The van der Waals surface area contributed by atoms with Crippen LogP contribution in [0, 0.1) is 11.8 Å². The topological polar surface area (TPSA) is 190 Å². The Morgan fingerprint density at radius 1 is 1.25 bits per heavy atom. The van der Waals surface area contributed by atoms with Crippen LogP contribution in [-0.4, -0.2) is 94.2 Å². The van der Waals surface area contributed by atoms with Crippen molar-refractivity contribution in [3.63, 3.8) is 0 Å². The summed E-state index contributed by atoms with van der Waals surface area (Å²) in [5.41, 5.74) is 0.554. The number of allylic oxidation sites excluding steroid dienone is 4. The van der Waals surface area contributed by atoms with Crippen molar-refractivity contribution in [2.45, 2.75) is 43.9 Å². The molecule has 6 N–H and O–H groups in total. The molecule has 0 bridgehead atoms. The Balaban J connectivity index is 1.87. The van der Waals surface area contributed by atoms with E-state index in [0.717, 1.165) is 11.2 Å². The standard InChI is InChI=1S/C24H31NO11/c1-3-14-15(6-5-12-7-13(21(30)31)9-25(4-2)8-12)16(22(32)33)11-34-23(14)36-24-20(29)19(28)18(27)17(10-26)35-24/h3,5-8,11,14-15,17-20,23-24,26-29H,1,4,9-10H2,2H3,(H,30,31)(H,32,33). The lowest BCUT2D eigenvalue weighted by Crippen LogP contribution is -3.08. The lowest BCUT2D eigenvalue weighted by atomic mass is 9.83. The van der Waals surface area contributed by atoms with Crippen molar-refractivity contribution in [3.05, 3.63) is 60.1 Å². The Hall–Kier alpha value is -2.84. The second-order valence-corrected chi connectivity index (χ2v) is 8.70. The smallest absolute Gasteiger partial charge is 0.337 e. The fourth-order valence-corrected chi connectivity index (χ4v) is 4.30. The van der Waals surface area contributed by atoms with E-state index in [4.69, 9.17) is 14.2 Å². The molecule has 1 fully saturated rings. The third kappa shape index (κ3) is 5.93. The normalized spacial score (nSPS) is 36.9. The minimum atomic E-state index is -1.69. The number of rotatable bonds is 9. The summed E-state index contributed by atoms with van der Waals surface area (Å²) >= 11 is 0. The van der Waals surface area contributed by atoms with E-state index in [9.17, 15) is 40.2 Å². The Bertz CT molecular complexity index is 969. The first kappa shape index (κ1) is 27.7. The van der Waals surface area contributed by atoms with Crippen LogP contribution in [0.2, 0.25) is 0 Å². The van der Waals surface area contributed by atoms with Crippen molar-refractivity contribution >= 4 is 11.9 Å². The lowest BCUT2D eigenvalue weighted by molar-refractivity contribution is -0.840. The van der Waals surface area contributed by atoms with Gasteiger partial charge in [-0.15, -0.1) is 6.58 Å². The highest BCUT2D eigenvalue weighted by molar-refractivity contribution is 5.88. The molecule has 9 unspecified atom stereocenters. The molecule has 1 saturated heterocycles. The average Bonchev–Trinajstić information content (AvgIpc) is 2.87. The van der Waals surface area contributed by atoms with Crippen molar-refractivity contribution < 1.29 is 59.3 Å². The molecule has 0 spiro atoms. The van der Waals surface area contributed by atoms with E-state index in [-0.39, 0.29) is 11.1 Å². The third-order valence-corrected chi connectivity index (χ3v) is 6.40. The van der Waals surface area contributed by atoms with Crippen molar-refractivity contribution in [2.24, 2.45) is 11.8 Å². The number of carbonyl (C=O) groups is 2. The minimum absolute atomic E-state index is 0.209. The molecule has 3 rings (SSSR count). The van der Waals surface area contributed by atoms with Gasteiger partial charge >= 0.3 is 5.97 Å². The molecule has 0 aromatic carbocycles. The third-order valence-electron chi connectivity index (χ3n) is 6.40. The molecular weight excluding hydrogens is 478 g/mol. The zero-order valence-electron chi connectivity index (χ0n) is 19.6. The zero-order chi connectivity index (χ0) is 26.6. The van der Waals surface area contributed by atoms with Crippen LogP contribution in [0.15, 0.2) is 60.1 Å². The van der Waals surface area contributed by atoms with Crippen LogP contribution < -0.4 is 10.0 Å². The Kier molecular flexibility index (Phi) is 9.19. The molecule has 9 atom stereocenters. The Labute approximate surface area is 207 Å². The summed E-state index contributed by atoms with van der Waals surface area (Å²) in [4.78, 5) is 24.2. The van der Waals surface area contributed by atoms with E-state index in [2.05, 4.69) is 6.58 Å². The van der Waals surface area contributed by atoms with Crippen molar-refractivity contribution in [2.75, 3.05) is 19.7 Å². The second kappa shape index (κ2) is 11.9. The first-order chi connectivity index (χ1) is 17.1. The fourth-order valence-electron chi connectivity index (χ4n) is 4.30. The number of likely N-dealkylation sites (N-methyl/N-ethyl adjacent to an activating group) is 1. The predicted octanol–water partition coefficient (Wildman–Crippen LogP) is -3.42. The van der Waals surface area contributed by atoms with Gasteiger partial charge < -0.3 is 54.5 Å². The maximum absolute atomic E-state index is 11.8. The van der Waals surface area contributed by atoms with Gasteiger partial charge in [-0.05, 0) is 13.0 Å². The molecule has 0 aliphatic carbocycles. The van der Waals surface area contributed by atoms with Gasteiger partial charge in [0.05, 0.1) is 31.0 Å². The number of aliphatic hydroxyl groups excluding tert-OH is 4.